The highest BCUT2D eigenvalue weighted by atomic mass is 16.7. The number of hydrogen-bond donors (Lipinski definition) is 1. The van der Waals surface area contributed by atoms with E-state index in [1.54, 1.807) is 21.3 Å². The highest BCUT2D eigenvalue weighted by molar-refractivity contribution is 5.57. The number of methoxy groups -OCH3 is 3. The molecule has 0 aromatic heterocycles. The Morgan fingerprint density at radius 2 is 1.52 bits per heavy atom. The summed E-state index contributed by atoms with van der Waals surface area (Å²) < 4.78 is 27.6. The maximum Gasteiger partial charge on any atom is 0.231 e. The van der Waals surface area contributed by atoms with Gasteiger partial charge in [0.15, 0.2) is 23.0 Å². The van der Waals surface area contributed by atoms with E-state index in [9.17, 15) is 0 Å². The Balaban J connectivity index is 1.84. The van der Waals surface area contributed by atoms with Crippen LogP contribution in [0.1, 0.15) is 22.7 Å². The number of benzene rings is 2. The minimum absolute atomic E-state index is 0.0204. The molecule has 2 heterocycles. The van der Waals surface area contributed by atoms with Crippen molar-refractivity contribution in [2.75, 3.05) is 34.7 Å². The fraction of sp³-hybridized carbons (Fsp3) is 0.368. The lowest BCUT2D eigenvalue weighted by molar-refractivity contribution is 0.174. The first-order valence-electron chi connectivity index (χ1n) is 8.21. The van der Waals surface area contributed by atoms with E-state index in [2.05, 4.69) is 17.4 Å². The van der Waals surface area contributed by atoms with Crippen LogP contribution < -0.4 is 29.0 Å². The van der Waals surface area contributed by atoms with Gasteiger partial charge in [-0.1, -0.05) is 0 Å². The number of hydrogen-bond acceptors (Lipinski definition) is 6. The summed E-state index contributed by atoms with van der Waals surface area (Å²) in [5, 5.41) is 3.57. The fourth-order valence-electron chi connectivity index (χ4n) is 3.50. The highest BCUT2D eigenvalue weighted by Gasteiger charge is 2.28. The van der Waals surface area contributed by atoms with Gasteiger partial charge in [0.1, 0.15) is 5.75 Å². The molecular formula is C19H21NO5. The molecule has 0 saturated heterocycles. The molecule has 0 radical (unpaired) electrons. The van der Waals surface area contributed by atoms with Crippen molar-refractivity contribution >= 4 is 0 Å². The van der Waals surface area contributed by atoms with Gasteiger partial charge in [0.2, 0.25) is 6.79 Å². The van der Waals surface area contributed by atoms with Gasteiger partial charge in [-0.15, -0.1) is 0 Å². The molecule has 1 N–H and O–H groups in total. The van der Waals surface area contributed by atoms with E-state index in [-0.39, 0.29) is 12.8 Å². The monoisotopic (exact) mass is 343 g/mol. The minimum atomic E-state index is -0.0204. The molecule has 4 rings (SSSR count). The fourth-order valence-corrected chi connectivity index (χ4v) is 3.50. The topological polar surface area (TPSA) is 58.2 Å². The maximum atomic E-state index is 5.62. The molecule has 0 bridgehead atoms. The average molecular weight is 343 g/mol. The Morgan fingerprint density at radius 1 is 0.840 bits per heavy atom. The summed E-state index contributed by atoms with van der Waals surface area (Å²) in [4.78, 5) is 0. The molecule has 1 atom stereocenters. The van der Waals surface area contributed by atoms with Gasteiger partial charge in [-0.2, -0.15) is 0 Å². The van der Waals surface area contributed by atoms with Gasteiger partial charge in [0, 0.05) is 18.2 Å². The van der Waals surface area contributed by atoms with Crippen molar-refractivity contribution in [3.63, 3.8) is 0 Å². The maximum absolute atomic E-state index is 5.62. The number of rotatable bonds is 4. The van der Waals surface area contributed by atoms with Crippen molar-refractivity contribution in [2.24, 2.45) is 0 Å². The minimum Gasteiger partial charge on any atom is -0.496 e. The van der Waals surface area contributed by atoms with Crippen LogP contribution in [0.15, 0.2) is 24.3 Å². The first-order valence-corrected chi connectivity index (χ1v) is 8.21. The third-order valence-electron chi connectivity index (χ3n) is 4.74. The van der Waals surface area contributed by atoms with Crippen molar-refractivity contribution in [1.82, 2.24) is 5.32 Å². The summed E-state index contributed by atoms with van der Waals surface area (Å²) in [6, 6.07) is 7.95. The van der Waals surface area contributed by atoms with E-state index in [1.165, 1.54) is 11.1 Å². The standard InChI is InChI=1S/C19H21NO5/c1-21-14-9-16(23-3)15(22-2)8-13(14)19-12-7-18-17(24-10-25-18)6-11(12)4-5-20-19/h6-9,19-20H,4-5,10H2,1-3H3. The largest absolute Gasteiger partial charge is 0.496 e. The van der Waals surface area contributed by atoms with Crippen LogP contribution in [0, 0.1) is 0 Å². The highest BCUT2D eigenvalue weighted by Crippen LogP contribution is 2.44. The SMILES string of the molecule is COc1cc(OC)c(C2NCCc3cc4c(cc32)OCO4)cc1OC. The van der Waals surface area contributed by atoms with E-state index >= 15 is 0 Å². The van der Waals surface area contributed by atoms with Crippen LogP contribution in [0.4, 0.5) is 0 Å². The lowest BCUT2D eigenvalue weighted by atomic mass is 9.88. The molecule has 25 heavy (non-hydrogen) atoms. The van der Waals surface area contributed by atoms with E-state index in [0.717, 1.165) is 35.8 Å². The third-order valence-corrected chi connectivity index (χ3v) is 4.74. The Kier molecular flexibility index (Phi) is 4.05. The lowest BCUT2D eigenvalue weighted by Crippen LogP contribution is -2.30. The number of nitrogens with one attached hydrogen (secondary N) is 1. The van der Waals surface area contributed by atoms with Gasteiger partial charge in [-0.05, 0) is 35.7 Å². The van der Waals surface area contributed by atoms with E-state index in [0.29, 0.717) is 11.5 Å². The smallest absolute Gasteiger partial charge is 0.231 e. The molecule has 0 aliphatic carbocycles. The van der Waals surface area contributed by atoms with Crippen LogP contribution in [-0.4, -0.2) is 34.7 Å². The predicted octanol–water partition coefficient (Wildman–Crippen LogP) is 2.68. The Bertz CT molecular complexity index is 805. The van der Waals surface area contributed by atoms with Crippen molar-refractivity contribution < 1.29 is 23.7 Å². The quantitative estimate of drug-likeness (QED) is 0.921. The van der Waals surface area contributed by atoms with E-state index in [1.807, 2.05) is 12.1 Å². The van der Waals surface area contributed by atoms with Crippen LogP contribution in [-0.2, 0) is 6.42 Å². The molecule has 2 aromatic carbocycles. The van der Waals surface area contributed by atoms with Crippen LogP contribution in [0.5, 0.6) is 28.7 Å². The Labute approximate surface area is 146 Å². The Morgan fingerprint density at radius 3 is 2.24 bits per heavy atom. The molecular weight excluding hydrogens is 322 g/mol. The van der Waals surface area contributed by atoms with Crippen molar-refractivity contribution in [3.05, 3.63) is 41.0 Å². The zero-order valence-corrected chi connectivity index (χ0v) is 14.5. The molecule has 6 nitrogen and oxygen atoms in total. The number of fused-ring (bicyclic) bond motifs is 2. The summed E-state index contributed by atoms with van der Waals surface area (Å²) in [6.07, 6.45) is 0.943. The van der Waals surface area contributed by atoms with Gasteiger partial charge >= 0.3 is 0 Å². The van der Waals surface area contributed by atoms with Crippen molar-refractivity contribution in [1.29, 1.82) is 0 Å². The van der Waals surface area contributed by atoms with Gasteiger partial charge in [0.05, 0.1) is 27.4 Å². The molecule has 2 aliphatic rings. The zero-order chi connectivity index (χ0) is 17.4. The van der Waals surface area contributed by atoms with Crippen LogP contribution >= 0.6 is 0 Å². The second kappa shape index (κ2) is 6.37. The molecule has 2 aromatic rings. The summed E-state index contributed by atoms with van der Waals surface area (Å²) in [6.45, 7) is 1.14. The second-order valence-electron chi connectivity index (χ2n) is 5.99. The number of ether oxygens (including phenoxy) is 5. The van der Waals surface area contributed by atoms with Gasteiger partial charge in [0.25, 0.3) is 0 Å². The normalized spacial score (nSPS) is 17.8. The van der Waals surface area contributed by atoms with E-state index in [4.69, 9.17) is 23.7 Å². The molecule has 6 heteroatoms. The van der Waals surface area contributed by atoms with Gasteiger partial charge < -0.3 is 29.0 Å². The zero-order valence-electron chi connectivity index (χ0n) is 14.5. The lowest BCUT2D eigenvalue weighted by Gasteiger charge is -2.29. The van der Waals surface area contributed by atoms with Crippen LogP contribution in [0.25, 0.3) is 0 Å². The molecule has 0 saturated carbocycles. The van der Waals surface area contributed by atoms with Crippen molar-refractivity contribution in [3.8, 4) is 28.7 Å². The summed E-state index contributed by atoms with van der Waals surface area (Å²) in [5.41, 5.74) is 3.42. The second-order valence-corrected chi connectivity index (χ2v) is 5.99. The molecule has 0 amide bonds. The van der Waals surface area contributed by atoms with Crippen molar-refractivity contribution in [2.45, 2.75) is 12.5 Å². The predicted molar refractivity (Wildman–Crippen MR) is 92.2 cm³/mol. The summed E-state index contributed by atoms with van der Waals surface area (Å²) >= 11 is 0. The first-order chi connectivity index (χ1) is 12.2. The Hall–Kier alpha value is -2.60. The molecule has 0 fully saturated rings. The molecule has 1 unspecified atom stereocenters. The summed E-state index contributed by atoms with van der Waals surface area (Å²) in [5.74, 6) is 3.67. The summed E-state index contributed by atoms with van der Waals surface area (Å²) in [7, 11) is 4.91. The van der Waals surface area contributed by atoms with Gasteiger partial charge in [-0.3, -0.25) is 0 Å². The first kappa shape index (κ1) is 15.9. The molecule has 0 spiro atoms. The average Bonchev–Trinajstić information content (AvgIpc) is 3.11. The molecule has 2 aliphatic heterocycles. The van der Waals surface area contributed by atoms with Crippen LogP contribution in [0.3, 0.4) is 0 Å². The van der Waals surface area contributed by atoms with Crippen LogP contribution in [0.2, 0.25) is 0 Å². The van der Waals surface area contributed by atoms with Gasteiger partial charge in [-0.25, -0.2) is 0 Å². The molecule has 132 valence electrons. The third kappa shape index (κ3) is 2.62. The van der Waals surface area contributed by atoms with E-state index < -0.39 is 0 Å².